The van der Waals surface area contributed by atoms with Crippen molar-refractivity contribution < 1.29 is 4.74 Å². The number of rotatable bonds is 8. The second-order valence-electron chi connectivity index (χ2n) is 4.95. The molecule has 1 aromatic rings. The van der Waals surface area contributed by atoms with Gasteiger partial charge in [0.2, 0.25) is 0 Å². The standard InChI is InChI=1S/C16H24ClNO/c1-4-9-18-14(3)10-15-5-7-16(8-6-15)19-12-13(2)11-17/h5-8,11,14,18H,4,9-10,12H2,1-3H3/b13-11+. The highest BCUT2D eigenvalue weighted by Gasteiger charge is 2.02. The zero-order chi connectivity index (χ0) is 14.1. The van der Waals surface area contributed by atoms with Gasteiger partial charge in [0.1, 0.15) is 12.4 Å². The molecule has 0 aliphatic heterocycles. The molecular formula is C16H24ClNO. The average molecular weight is 282 g/mol. The van der Waals surface area contributed by atoms with Crippen molar-refractivity contribution in [2.45, 2.75) is 39.7 Å². The topological polar surface area (TPSA) is 21.3 Å². The van der Waals surface area contributed by atoms with Crippen LogP contribution in [0, 0.1) is 0 Å². The molecule has 0 aliphatic rings. The van der Waals surface area contributed by atoms with E-state index in [2.05, 4.69) is 31.3 Å². The van der Waals surface area contributed by atoms with Crippen LogP contribution in [-0.2, 0) is 6.42 Å². The molecule has 0 saturated heterocycles. The molecule has 1 aromatic carbocycles. The van der Waals surface area contributed by atoms with Crippen molar-refractivity contribution in [3.05, 3.63) is 40.9 Å². The van der Waals surface area contributed by atoms with Crippen LogP contribution in [0.1, 0.15) is 32.8 Å². The molecule has 106 valence electrons. The van der Waals surface area contributed by atoms with Crippen LogP contribution in [0.2, 0.25) is 0 Å². The quantitative estimate of drug-likeness (QED) is 0.773. The van der Waals surface area contributed by atoms with Crippen molar-refractivity contribution in [1.82, 2.24) is 5.32 Å². The molecule has 0 spiro atoms. The van der Waals surface area contributed by atoms with E-state index in [0.717, 1.165) is 24.3 Å². The molecule has 0 bridgehead atoms. The summed E-state index contributed by atoms with van der Waals surface area (Å²) in [5.74, 6) is 0.885. The molecule has 2 nitrogen and oxygen atoms in total. The second-order valence-corrected chi connectivity index (χ2v) is 5.17. The van der Waals surface area contributed by atoms with Gasteiger partial charge in [-0.25, -0.2) is 0 Å². The van der Waals surface area contributed by atoms with E-state index in [9.17, 15) is 0 Å². The van der Waals surface area contributed by atoms with E-state index in [4.69, 9.17) is 16.3 Å². The van der Waals surface area contributed by atoms with Crippen molar-refractivity contribution in [2.75, 3.05) is 13.2 Å². The minimum absolute atomic E-state index is 0.508. The molecule has 0 radical (unpaired) electrons. The van der Waals surface area contributed by atoms with E-state index in [1.165, 1.54) is 12.0 Å². The molecule has 1 rings (SSSR count). The molecule has 19 heavy (non-hydrogen) atoms. The van der Waals surface area contributed by atoms with Crippen LogP contribution in [0.5, 0.6) is 5.75 Å². The summed E-state index contributed by atoms with van der Waals surface area (Å²) in [4.78, 5) is 0. The van der Waals surface area contributed by atoms with E-state index in [1.54, 1.807) is 5.54 Å². The predicted octanol–water partition coefficient (Wildman–Crippen LogP) is 4.14. The molecule has 1 unspecified atom stereocenters. The van der Waals surface area contributed by atoms with Gasteiger partial charge in [-0.15, -0.1) is 0 Å². The minimum atomic E-state index is 0.508. The SMILES string of the molecule is CCCNC(C)Cc1ccc(OC/C(C)=C/Cl)cc1. The van der Waals surface area contributed by atoms with Gasteiger partial charge in [0.05, 0.1) is 0 Å². The lowest BCUT2D eigenvalue weighted by Gasteiger charge is -2.13. The fourth-order valence-electron chi connectivity index (χ4n) is 1.77. The molecule has 3 heteroatoms. The number of benzene rings is 1. The average Bonchev–Trinajstić information content (AvgIpc) is 2.44. The Labute approximate surface area is 121 Å². The predicted molar refractivity (Wildman–Crippen MR) is 83.0 cm³/mol. The van der Waals surface area contributed by atoms with E-state index in [1.807, 2.05) is 19.1 Å². The lowest BCUT2D eigenvalue weighted by atomic mass is 10.1. The van der Waals surface area contributed by atoms with Crippen molar-refractivity contribution >= 4 is 11.6 Å². The normalized spacial score (nSPS) is 13.4. The fourth-order valence-corrected chi connectivity index (χ4v) is 1.83. The van der Waals surface area contributed by atoms with Crippen molar-refractivity contribution in [3.63, 3.8) is 0 Å². The first-order chi connectivity index (χ1) is 9.15. The molecule has 0 heterocycles. The van der Waals surface area contributed by atoms with E-state index < -0.39 is 0 Å². The minimum Gasteiger partial charge on any atom is -0.489 e. The highest BCUT2D eigenvalue weighted by atomic mass is 35.5. The van der Waals surface area contributed by atoms with Gasteiger partial charge in [-0.2, -0.15) is 0 Å². The Morgan fingerprint density at radius 2 is 2.05 bits per heavy atom. The van der Waals surface area contributed by atoms with Gasteiger partial charge < -0.3 is 10.1 Å². The highest BCUT2D eigenvalue weighted by Crippen LogP contribution is 2.14. The summed E-state index contributed by atoms with van der Waals surface area (Å²) in [7, 11) is 0. The zero-order valence-electron chi connectivity index (χ0n) is 12.1. The van der Waals surface area contributed by atoms with Gasteiger partial charge in [-0.3, -0.25) is 0 Å². The van der Waals surface area contributed by atoms with Gasteiger partial charge in [0, 0.05) is 11.6 Å². The highest BCUT2D eigenvalue weighted by molar-refractivity contribution is 6.25. The van der Waals surface area contributed by atoms with Crippen molar-refractivity contribution in [3.8, 4) is 5.75 Å². The maximum Gasteiger partial charge on any atom is 0.119 e. The number of hydrogen-bond acceptors (Lipinski definition) is 2. The van der Waals surface area contributed by atoms with Gasteiger partial charge in [0.25, 0.3) is 0 Å². The van der Waals surface area contributed by atoms with Gasteiger partial charge in [-0.1, -0.05) is 30.7 Å². The molecule has 0 saturated carbocycles. The number of hydrogen-bond donors (Lipinski definition) is 1. The molecule has 0 aliphatic carbocycles. The van der Waals surface area contributed by atoms with E-state index >= 15 is 0 Å². The first-order valence-electron chi connectivity index (χ1n) is 6.86. The lowest BCUT2D eigenvalue weighted by Crippen LogP contribution is -2.28. The summed E-state index contributed by atoms with van der Waals surface area (Å²) in [5.41, 5.74) is 3.89. The summed E-state index contributed by atoms with van der Waals surface area (Å²) in [6.45, 7) is 7.96. The van der Waals surface area contributed by atoms with Crippen molar-refractivity contribution in [2.24, 2.45) is 0 Å². The Kier molecular flexibility index (Phi) is 7.61. The van der Waals surface area contributed by atoms with Gasteiger partial charge in [0.15, 0.2) is 0 Å². The third kappa shape index (κ3) is 6.65. The summed E-state index contributed by atoms with van der Waals surface area (Å²) < 4.78 is 5.62. The number of halogens is 1. The molecule has 0 aromatic heterocycles. The first kappa shape index (κ1) is 16.1. The summed E-state index contributed by atoms with van der Waals surface area (Å²) in [5, 5.41) is 3.49. The van der Waals surface area contributed by atoms with E-state index in [-0.39, 0.29) is 0 Å². The number of nitrogens with one attached hydrogen (secondary N) is 1. The smallest absolute Gasteiger partial charge is 0.119 e. The largest absolute Gasteiger partial charge is 0.489 e. The summed E-state index contributed by atoms with van der Waals surface area (Å²) in [6, 6.07) is 8.79. The first-order valence-corrected chi connectivity index (χ1v) is 7.30. The third-order valence-electron chi connectivity index (χ3n) is 2.86. The molecule has 0 fully saturated rings. The van der Waals surface area contributed by atoms with Crippen LogP contribution in [0.25, 0.3) is 0 Å². The fraction of sp³-hybridized carbons (Fsp3) is 0.500. The van der Waals surface area contributed by atoms with Crippen molar-refractivity contribution in [1.29, 1.82) is 0 Å². The van der Waals surface area contributed by atoms with Crippen LogP contribution in [0.3, 0.4) is 0 Å². The van der Waals surface area contributed by atoms with Crippen LogP contribution < -0.4 is 10.1 Å². The van der Waals surface area contributed by atoms with Crippen LogP contribution in [-0.4, -0.2) is 19.2 Å². The third-order valence-corrected chi connectivity index (χ3v) is 3.23. The van der Waals surface area contributed by atoms with Crippen LogP contribution in [0.15, 0.2) is 35.4 Å². The Morgan fingerprint density at radius 3 is 2.63 bits per heavy atom. The zero-order valence-corrected chi connectivity index (χ0v) is 12.8. The van der Waals surface area contributed by atoms with Crippen LogP contribution >= 0.6 is 11.6 Å². The lowest BCUT2D eigenvalue weighted by molar-refractivity contribution is 0.352. The Bertz CT molecular complexity index is 386. The Hall–Kier alpha value is -0.990. The Morgan fingerprint density at radius 1 is 1.37 bits per heavy atom. The van der Waals surface area contributed by atoms with E-state index in [0.29, 0.717) is 12.6 Å². The second kappa shape index (κ2) is 9.00. The Balaban J connectivity index is 2.43. The molecular weight excluding hydrogens is 258 g/mol. The maximum absolute atomic E-state index is 5.62. The molecule has 0 amide bonds. The summed E-state index contributed by atoms with van der Waals surface area (Å²) in [6.07, 6.45) is 2.21. The summed E-state index contributed by atoms with van der Waals surface area (Å²) >= 11 is 5.59. The number of ether oxygens (including phenoxy) is 1. The van der Waals surface area contributed by atoms with Gasteiger partial charge in [-0.05, 0) is 56.5 Å². The van der Waals surface area contributed by atoms with Gasteiger partial charge >= 0.3 is 0 Å². The monoisotopic (exact) mass is 281 g/mol. The molecule has 1 N–H and O–H groups in total. The molecule has 1 atom stereocenters. The van der Waals surface area contributed by atoms with Crippen LogP contribution in [0.4, 0.5) is 0 Å². The maximum atomic E-state index is 5.62.